The molecule has 3 aromatic rings. The first-order valence-electron chi connectivity index (χ1n) is 16.3. The average molecular weight is 643 g/mol. The van der Waals surface area contributed by atoms with Crippen molar-refractivity contribution >= 4 is 23.8 Å². The number of rotatable bonds is 8. The van der Waals surface area contributed by atoms with Gasteiger partial charge in [-0.15, -0.1) is 0 Å². The Labute approximate surface area is 276 Å². The van der Waals surface area contributed by atoms with Gasteiger partial charge in [0, 0.05) is 43.5 Å². The van der Waals surface area contributed by atoms with E-state index < -0.39 is 28.9 Å². The molecule has 0 spiro atoms. The van der Waals surface area contributed by atoms with E-state index in [2.05, 4.69) is 10.6 Å². The highest BCUT2D eigenvalue weighted by atomic mass is 16.6. The molecule has 3 amide bonds. The summed E-state index contributed by atoms with van der Waals surface area (Å²) in [7, 11) is 1.61. The third-order valence-corrected chi connectivity index (χ3v) is 9.21. The summed E-state index contributed by atoms with van der Waals surface area (Å²) in [5, 5.41) is 25.9. The van der Waals surface area contributed by atoms with Gasteiger partial charge >= 0.3 is 12.2 Å². The number of carbonyl (C=O) groups is 3. The molecule has 2 aliphatic rings. The lowest BCUT2D eigenvalue weighted by molar-refractivity contribution is -0.117. The molecule has 0 radical (unpaired) electrons. The van der Waals surface area contributed by atoms with Crippen LogP contribution in [0.3, 0.4) is 0 Å². The summed E-state index contributed by atoms with van der Waals surface area (Å²) in [6.45, 7) is 7.21. The number of amides is 3. The van der Waals surface area contributed by atoms with Crippen molar-refractivity contribution in [1.29, 1.82) is 0 Å². The minimum Gasteiger partial charge on any atom is -0.465 e. The molecule has 0 atom stereocenters. The summed E-state index contributed by atoms with van der Waals surface area (Å²) in [6, 6.07) is 19.7. The maximum atomic E-state index is 13.1. The van der Waals surface area contributed by atoms with Gasteiger partial charge in [0.1, 0.15) is 5.60 Å². The quantitative estimate of drug-likeness (QED) is 0.204. The number of aromatic nitrogens is 1. The van der Waals surface area contributed by atoms with Crippen LogP contribution in [-0.2, 0) is 15.1 Å². The Hall–Kier alpha value is -4.44. The first-order valence-corrected chi connectivity index (χ1v) is 16.3. The molecule has 1 heterocycles. The van der Waals surface area contributed by atoms with Crippen molar-refractivity contribution in [1.82, 2.24) is 15.2 Å². The molecule has 10 heteroatoms. The van der Waals surface area contributed by atoms with Crippen LogP contribution in [0.2, 0.25) is 0 Å². The highest BCUT2D eigenvalue weighted by Crippen LogP contribution is 2.49. The van der Waals surface area contributed by atoms with Crippen molar-refractivity contribution in [2.75, 3.05) is 12.4 Å². The minimum absolute atomic E-state index is 0.00132. The first-order chi connectivity index (χ1) is 22.1. The number of ether oxygens (including phenoxy) is 1. The van der Waals surface area contributed by atoms with Gasteiger partial charge < -0.3 is 30.5 Å². The Morgan fingerprint density at radius 3 is 2.19 bits per heavy atom. The van der Waals surface area contributed by atoms with Crippen molar-refractivity contribution in [3.05, 3.63) is 72.4 Å². The molecule has 2 saturated carbocycles. The second-order valence-corrected chi connectivity index (χ2v) is 14.4. The van der Waals surface area contributed by atoms with Crippen LogP contribution in [0.25, 0.3) is 22.4 Å². The highest BCUT2D eigenvalue weighted by molar-refractivity contribution is 5.93. The number of nitrogens with zero attached hydrogens (tertiary/aromatic N) is 2. The molecule has 2 fully saturated rings. The van der Waals surface area contributed by atoms with E-state index in [9.17, 15) is 24.6 Å². The van der Waals surface area contributed by atoms with Crippen molar-refractivity contribution in [3.63, 3.8) is 0 Å². The van der Waals surface area contributed by atoms with Crippen molar-refractivity contribution in [3.8, 4) is 22.4 Å². The lowest BCUT2D eigenvalue weighted by Gasteiger charge is -2.52. The zero-order valence-electron chi connectivity index (χ0n) is 27.9. The summed E-state index contributed by atoms with van der Waals surface area (Å²) < 4.78 is 5.53. The van der Waals surface area contributed by atoms with Crippen LogP contribution in [-0.4, -0.2) is 62.5 Å². The van der Waals surface area contributed by atoms with Crippen molar-refractivity contribution in [2.24, 2.45) is 5.92 Å². The average Bonchev–Trinajstić information content (AvgIpc) is 2.99. The standard InChI is InChI=1S/C37H46N4O6/c1-35(2,3)47-33(43)40-37(22-36(4,46)23-37)27-15-13-26(14-16-27)32-30(25-9-7-6-8-10-25)20-28(21-38-32)39-31(42)19-24-11-17-29(18-12-24)41(5)34(44)45/h6-10,13-16,20-21,24,29,46H,11-12,17-19,22-23H2,1-5H3,(H,39,42)(H,40,43)(H,44,45). The van der Waals surface area contributed by atoms with Gasteiger partial charge in [-0.25, -0.2) is 9.59 Å². The number of benzene rings is 2. The lowest BCUT2D eigenvalue weighted by atomic mass is 9.62. The number of hydrogen-bond acceptors (Lipinski definition) is 6. The summed E-state index contributed by atoms with van der Waals surface area (Å²) in [4.78, 5) is 43.3. The molecule has 0 bridgehead atoms. The molecule has 2 aliphatic carbocycles. The second kappa shape index (κ2) is 13.4. The summed E-state index contributed by atoms with van der Waals surface area (Å²) in [5.41, 5.74) is 2.61. The summed E-state index contributed by atoms with van der Waals surface area (Å²) in [6.07, 6.45) is 4.45. The Morgan fingerprint density at radius 1 is 0.979 bits per heavy atom. The Kier molecular flexibility index (Phi) is 9.63. The molecular weight excluding hydrogens is 596 g/mol. The van der Waals surface area contributed by atoms with Crippen LogP contribution >= 0.6 is 0 Å². The van der Waals surface area contributed by atoms with E-state index in [-0.39, 0.29) is 17.9 Å². The van der Waals surface area contributed by atoms with Crippen molar-refractivity contribution in [2.45, 2.75) is 95.4 Å². The van der Waals surface area contributed by atoms with Crippen LogP contribution < -0.4 is 10.6 Å². The molecule has 1 aromatic heterocycles. The largest absolute Gasteiger partial charge is 0.465 e. The van der Waals surface area contributed by atoms with Gasteiger partial charge in [-0.2, -0.15) is 0 Å². The molecule has 0 aliphatic heterocycles. The molecule has 2 aromatic carbocycles. The van der Waals surface area contributed by atoms with Crippen LogP contribution in [0.4, 0.5) is 15.3 Å². The predicted molar refractivity (Wildman–Crippen MR) is 181 cm³/mol. The number of aliphatic hydroxyl groups is 1. The Bertz CT molecular complexity index is 1580. The SMILES string of the molecule is CN(C(=O)O)C1CCC(CC(=O)Nc2cnc(-c3ccc(C4(NC(=O)OC(C)(C)C)CC(C)(O)C4)cc3)c(-c3ccccc3)c2)CC1. The van der Waals surface area contributed by atoms with Gasteiger partial charge in [0.2, 0.25) is 5.91 Å². The number of anilines is 1. The maximum absolute atomic E-state index is 13.1. The predicted octanol–water partition coefficient (Wildman–Crippen LogP) is 7.18. The molecule has 0 unspecified atom stereocenters. The van der Waals surface area contributed by atoms with Crippen molar-refractivity contribution < 1.29 is 29.3 Å². The Balaban J connectivity index is 1.33. The normalized spacial score (nSPS) is 24.0. The van der Waals surface area contributed by atoms with E-state index in [0.717, 1.165) is 53.6 Å². The van der Waals surface area contributed by atoms with E-state index >= 15 is 0 Å². The fraction of sp³-hybridized carbons (Fsp3) is 0.459. The zero-order chi connectivity index (χ0) is 34.0. The highest BCUT2D eigenvalue weighted by Gasteiger charge is 2.53. The third kappa shape index (κ3) is 8.29. The zero-order valence-corrected chi connectivity index (χ0v) is 27.9. The van der Waals surface area contributed by atoms with Gasteiger partial charge in [0.05, 0.1) is 28.7 Å². The molecule has 250 valence electrons. The lowest BCUT2D eigenvalue weighted by Crippen LogP contribution is -2.62. The van der Waals surface area contributed by atoms with Crippen LogP contribution in [0.5, 0.6) is 0 Å². The van der Waals surface area contributed by atoms with E-state index in [4.69, 9.17) is 9.72 Å². The molecule has 0 saturated heterocycles. The molecular formula is C37H46N4O6. The van der Waals surface area contributed by atoms with E-state index in [1.807, 2.05) is 81.4 Å². The number of nitrogens with one attached hydrogen (secondary N) is 2. The first kappa shape index (κ1) is 33.9. The summed E-state index contributed by atoms with van der Waals surface area (Å²) in [5.74, 6) is 0.123. The maximum Gasteiger partial charge on any atom is 0.408 e. The van der Waals surface area contributed by atoms with Gasteiger partial charge in [-0.05, 0) is 76.5 Å². The number of carbonyl (C=O) groups excluding carboxylic acids is 2. The molecule has 5 rings (SSSR count). The third-order valence-electron chi connectivity index (χ3n) is 9.21. The topological polar surface area (TPSA) is 141 Å². The molecule has 47 heavy (non-hydrogen) atoms. The van der Waals surface area contributed by atoms with Crippen LogP contribution in [0.1, 0.15) is 78.2 Å². The molecule has 10 nitrogen and oxygen atoms in total. The smallest absolute Gasteiger partial charge is 0.408 e. The van der Waals surface area contributed by atoms with Gasteiger partial charge in [-0.3, -0.25) is 9.78 Å². The van der Waals surface area contributed by atoms with Gasteiger partial charge in [-0.1, -0.05) is 54.6 Å². The number of hydrogen-bond donors (Lipinski definition) is 4. The number of carboxylic acid groups (broad SMARTS) is 1. The minimum atomic E-state index is -0.918. The van der Waals surface area contributed by atoms with Crippen LogP contribution in [0, 0.1) is 5.92 Å². The van der Waals surface area contributed by atoms with E-state index in [1.165, 1.54) is 4.90 Å². The number of alkyl carbamates (subject to hydrolysis) is 1. The summed E-state index contributed by atoms with van der Waals surface area (Å²) >= 11 is 0. The van der Waals surface area contributed by atoms with E-state index in [0.29, 0.717) is 24.9 Å². The van der Waals surface area contributed by atoms with Gasteiger partial charge in [0.25, 0.3) is 0 Å². The second-order valence-electron chi connectivity index (χ2n) is 14.4. The van der Waals surface area contributed by atoms with E-state index in [1.54, 1.807) is 20.2 Å². The number of pyridine rings is 1. The Morgan fingerprint density at radius 2 is 1.62 bits per heavy atom. The van der Waals surface area contributed by atoms with Gasteiger partial charge in [0.15, 0.2) is 0 Å². The fourth-order valence-electron chi connectivity index (χ4n) is 7.03. The van der Waals surface area contributed by atoms with Crippen LogP contribution in [0.15, 0.2) is 66.9 Å². The molecule has 4 N–H and O–H groups in total. The monoisotopic (exact) mass is 642 g/mol. The fourth-order valence-corrected chi connectivity index (χ4v) is 7.03.